The lowest BCUT2D eigenvalue weighted by molar-refractivity contribution is -0.141. The van der Waals surface area contributed by atoms with E-state index < -0.39 is 17.7 Å². The van der Waals surface area contributed by atoms with E-state index in [1.807, 2.05) is 0 Å². The van der Waals surface area contributed by atoms with Gasteiger partial charge in [0.2, 0.25) is 0 Å². The molecule has 9 nitrogen and oxygen atoms in total. The van der Waals surface area contributed by atoms with Gasteiger partial charge in [-0.15, -0.1) is 22.7 Å². The van der Waals surface area contributed by atoms with Crippen molar-refractivity contribution in [3.8, 4) is 23.0 Å². The fourth-order valence-corrected chi connectivity index (χ4v) is 6.88. The highest BCUT2D eigenvalue weighted by molar-refractivity contribution is 7.21. The zero-order valence-electron chi connectivity index (χ0n) is 25.3. The molecule has 4 rings (SSSR count). The number of carbonyl (C=O) groups is 4. The number of hydrogen-bond donors (Lipinski definition) is 1. The minimum absolute atomic E-state index is 0.0534. The van der Waals surface area contributed by atoms with Crippen LogP contribution in [0.5, 0.6) is 23.0 Å². The van der Waals surface area contributed by atoms with Crippen molar-refractivity contribution in [3.05, 3.63) is 44.9 Å². The molecule has 0 fully saturated rings. The van der Waals surface area contributed by atoms with Gasteiger partial charge < -0.3 is 24.1 Å². The Morgan fingerprint density at radius 1 is 0.822 bits per heavy atom. The fourth-order valence-electron chi connectivity index (χ4n) is 4.44. The van der Waals surface area contributed by atoms with E-state index in [2.05, 4.69) is 0 Å². The molecule has 0 aliphatic carbocycles. The van der Waals surface area contributed by atoms with Crippen LogP contribution in [0, 0.1) is 17.7 Å². The largest absolute Gasteiger partial charge is 0.493 e. The maximum atomic E-state index is 15.5. The third-order valence-electron chi connectivity index (χ3n) is 7.23. The van der Waals surface area contributed by atoms with E-state index in [0.29, 0.717) is 32.9 Å². The number of thiophene rings is 2. The standard InChI is InChI=1S/C32H32ClFO9S2/c1-15(17(3)35)9-20(36)26-11-18-24(44-26)13-22(40-4)30(28(18)33)42-7-6-8-43-31-23(41-5)14-25-19(29(31)34)12-27(45-25)21(37)10-16(2)32(38)39/h11-16H,6-10H2,1-5H3,(H,38,39)/t15-,16-/m0/s1. The van der Waals surface area contributed by atoms with Gasteiger partial charge in [0.25, 0.3) is 0 Å². The third kappa shape index (κ3) is 7.57. The summed E-state index contributed by atoms with van der Waals surface area (Å²) in [5.74, 6) is -2.90. The van der Waals surface area contributed by atoms with Crippen molar-refractivity contribution in [2.24, 2.45) is 11.8 Å². The first kappa shape index (κ1) is 34.1. The number of rotatable bonds is 16. The van der Waals surface area contributed by atoms with Crippen LogP contribution in [0.4, 0.5) is 4.39 Å². The molecule has 2 aromatic carbocycles. The van der Waals surface area contributed by atoms with Gasteiger partial charge in [0.1, 0.15) is 5.78 Å². The van der Waals surface area contributed by atoms with Gasteiger partial charge in [0.05, 0.1) is 48.1 Å². The number of halogens is 2. The molecule has 0 bridgehead atoms. The van der Waals surface area contributed by atoms with Crippen molar-refractivity contribution in [2.45, 2.75) is 40.0 Å². The molecule has 4 aromatic rings. The van der Waals surface area contributed by atoms with Crippen LogP contribution in [-0.4, -0.2) is 55.9 Å². The Balaban J connectivity index is 1.44. The molecule has 0 radical (unpaired) electrons. The lowest BCUT2D eigenvalue weighted by Gasteiger charge is -2.14. The van der Waals surface area contributed by atoms with Crippen LogP contribution in [0.3, 0.4) is 0 Å². The quantitative estimate of drug-likeness (QED) is 0.0931. The third-order valence-corrected chi connectivity index (χ3v) is 9.86. The number of fused-ring (bicyclic) bond motifs is 2. The molecule has 0 saturated heterocycles. The number of methoxy groups -OCH3 is 2. The number of ketones is 3. The second-order valence-corrected chi connectivity index (χ2v) is 13.1. The van der Waals surface area contributed by atoms with Crippen LogP contribution in [0.25, 0.3) is 20.2 Å². The van der Waals surface area contributed by atoms with Crippen molar-refractivity contribution in [1.29, 1.82) is 0 Å². The van der Waals surface area contributed by atoms with Crippen LogP contribution < -0.4 is 18.9 Å². The van der Waals surface area contributed by atoms with Crippen molar-refractivity contribution in [3.63, 3.8) is 0 Å². The Labute approximate surface area is 271 Å². The Bertz CT molecular complexity index is 1650. The smallest absolute Gasteiger partial charge is 0.306 e. The molecule has 0 unspecified atom stereocenters. The zero-order valence-corrected chi connectivity index (χ0v) is 27.7. The maximum Gasteiger partial charge on any atom is 0.306 e. The monoisotopic (exact) mass is 678 g/mol. The molecule has 0 spiro atoms. The number of Topliss-reactive ketones (excluding diaryl/α,β-unsaturated/α-hetero) is 3. The van der Waals surface area contributed by atoms with Gasteiger partial charge >= 0.3 is 5.97 Å². The molecule has 13 heteroatoms. The van der Waals surface area contributed by atoms with Crippen LogP contribution in [-0.2, 0) is 9.59 Å². The van der Waals surface area contributed by atoms with E-state index in [-0.39, 0.29) is 76.1 Å². The Morgan fingerprint density at radius 3 is 1.84 bits per heavy atom. The summed E-state index contributed by atoms with van der Waals surface area (Å²) in [7, 11) is 2.85. The summed E-state index contributed by atoms with van der Waals surface area (Å²) in [4.78, 5) is 48.8. The summed E-state index contributed by atoms with van der Waals surface area (Å²) in [6.45, 7) is 4.81. The lowest BCUT2D eigenvalue weighted by Crippen LogP contribution is -2.13. The number of carboxylic acids is 1. The van der Waals surface area contributed by atoms with E-state index in [1.165, 1.54) is 45.5 Å². The number of carbonyl (C=O) groups excluding carboxylic acids is 3. The number of aliphatic carboxylic acids is 1. The van der Waals surface area contributed by atoms with Crippen molar-refractivity contribution >= 4 is 77.8 Å². The highest BCUT2D eigenvalue weighted by Gasteiger charge is 2.24. The van der Waals surface area contributed by atoms with E-state index in [0.717, 1.165) is 16.0 Å². The average molecular weight is 679 g/mol. The van der Waals surface area contributed by atoms with Gasteiger partial charge in [-0.1, -0.05) is 25.4 Å². The Kier molecular flexibility index (Phi) is 11.1. The predicted octanol–water partition coefficient (Wildman–Crippen LogP) is 7.87. The maximum absolute atomic E-state index is 15.5. The minimum atomic E-state index is -1.08. The highest BCUT2D eigenvalue weighted by atomic mass is 35.5. The minimum Gasteiger partial charge on any atom is -0.493 e. The van der Waals surface area contributed by atoms with Gasteiger partial charge in [0.15, 0.2) is 40.4 Å². The summed E-state index contributed by atoms with van der Waals surface area (Å²) in [6.07, 6.45) is 0.239. The van der Waals surface area contributed by atoms with Crippen molar-refractivity contribution in [1.82, 2.24) is 0 Å². The normalized spacial score (nSPS) is 12.6. The van der Waals surface area contributed by atoms with E-state index in [4.69, 9.17) is 35.7 Å². The molecule has 1 N–H and O–H groups in total. The molecule has 2 heterocycles. The summed E-state index contributed by atoms with van der Waals surface area (Å²) in [5, 5.41) is 10.2. The van der Waals surface area contributed by atoms with E-state index in [9.17, 15) is 19.2 Å². The molecule has 0 saturated carbocycles. The van der Waals surface area contributed by atoms with E-state index in [1.54, 1.807) is 25.1 Å². The van der Waals surface area contributed by atoms with Crippen LogP contribution in [0.1, 0.15) is 59.4 Å². The Hall–Kier alpha value is -3.74. The molecular formula is C32H32ClFO9S2. The lowest BCUT2D eigenvalue weighted by atomic mass is 10.00. The predicted molar refractivity (Wildman–Crippen MR) is 172 cm³/mol. The van der Waals surface area contributed by atoms with Gasteiger partial charge in [-0.2, -0.15) is 0 Å². The number of benzene rings is 2. The van der Waals surface area contributed by atoms with E-state index >= 15 is 4.39 Å². The van der Waals surface area contributed by atoms with Crippen molar-refractivity contribution < 1.29 is 47.6 Å². The molecule has 2 atom stereocenters. The Morgan fingerprint density at radius 2 is 1.31 bits per heavy atom. The molecule has 2 aromatic heterocycles. The average Bonchev–Trinajstić information content (AvgIpc) is 3.63. The number of hydrogen-bond acceptors (Lipinski definition) is 10. The highest BCUT2D eigenvalue weighted by Crippen LogP contribution is 2.45. The molecule has 0 aliphatic heterocycles. The first-order chi connectivity index (χ1) is 21.4. The number of carboxylic acid groups (broad SMARTS) is 1. The molecule has 45 heavy (non-hydrogen) atoms. The topological polar surface area (TPSA) is 125 Å². The second-order valence-electron chi connectivity index (χ2n) is 10.5. The fraction of sp³-hybridized carbons (Fsp3) is 0.375. The molecule has 240 valence electrons. The number of ether oxygens (including phenoxy) is 4. The molecule has 0 amide bonds. The SMILES string of the molecule is COc1cc2sc(C(=O)C[C@H](C)C(=O)O)cc2c(F)c1OCCCOc1c(OC)cc2sc(C(=O)C[C@H](C)C(C)=O)cc2c1Cl. The van der Waals surface area contributed by atoms with Crippen LogP contribution in [0.2, 0.25) is 5.02 Å². The summed E-state index contributed by atoms with van der Waals surface area (Å²) in [6, 6.07) is 6.40. The first-order valence-electron chi connectivity index (χ1n) is 14.0. The van der Waals surface area contributed by atoms with Gasteiger partial charge in [0, 0.05) is 57.5 Å². The summed E-state index contributed by atoms with van der Waals surface area (Å²) < 4.78 is 39.2. The molecule has 0 aliphatic rings. The molecular weight excluding hydrogens is 647 g/mol. The van der Waals surface area contributed by atoms with Gasteiger partial charge in [-0.25, -0.2) is 4.39 Å². The zero-order chi connectivity index (χ0) is 33.0. The summed E-state index contributed by atoms with van der Waals surface area (Å²) in [5.41, 5.74) is 0. The summed E-state index contributed by atoms with van der Waals surface area (Å²) >= 11 is 9.00. The van der Waals surface area contributed by atoms with Gasteiger partial charge in [-0.3, -0.25) is 19.2 Å². The van der Waals surface area contributed by atoms with Crippen LogP contribution >= 0.6 is 34.3 Å². The van der Waals surface area contributed by atoms with Gasteiger partial charge in [-0.05, 0) is 19.1 Å². The van der Waals surface area contributed by atoms with Crippen molar-refractivity contribution in [2.75, 3.05) is 27.4 Å². The van der Waals surface area contributed by atoms with Crippen LogP contribution in [0.15, 0.2) is 24.3 Å². The second kappa shape index (κ2) is 14.6. The first-order valence-corrected chi connectivity index (χ1v) is 16.0.